The maximum Gasteiger partial charge on any atom is 0.149 e. The summed E-state index contributed by atoms with van der Waals surface area (Å²) in [5.74, 6) is 0.280. The number of hydrogen-bond donors (Lipinski definition) is 2. The van der Waals surface area contributed by atoms with Crippen LogP contribution >= 0.6 is 12.6 Å². The van der Waals surface area contributed by atoms with Gasteiger partial charge in [0.25, 0.3) is 0 Å². The molecule has 0 spiro atoms. The van der Waals surface area contributed by atoms with E-state index in [1.54, 1.807) is 0 Å². The van der Waals surface area contributed by atoms with Crippen molar-refractivity contribution in [3.8, 4) is 0 Å². The summed E-state index contributed by atoms with van der Waals surface area (Å²) in [6.07, 6.45) is 0. The molecule has 0 bridgehead atoms. The summed E-state index contributed by atoms with van der Waals surface area (Å²) in [5, 5.41) is 3.09. The number of thiol groups is 1. The van der Waals surface area contributed by atoms with E-state index in [-0.39, 0.29) is 23.0 Å². The molecule has 0 aliphatic heterocycles. The van der Waals surface area contributed by atoms with E-state index in [1.165, 1.54) is 0 Å². The van der Waals surface area contributed by atoms with Crippen LogP contribution in [-0.2, 0) is 4.79 Å². The van der Waals surface area contributed by atoms with Gasteiger partial charge in [0, 0.05) is 18.0 Å². The first kappa shape index (κ1) is 13.0. The Bertz CT molecular complexity index is 168. The standard InChI is InChI=1S/C10H21NOS/c1-6(2)9(12)10(13)8(5)11-7(3)4/h6-8,10-11,13H,1-5H3. The summed E-state index contributed by atoms with van der Waals surface area (Å²) in [5.41, 5.74) is 0. The van der Waals surface area contributed by atoms with Crippen molar-refractivity contribution in [3.05, 3.63) is 0 Å². The van der Waals surface area contributed by atoms with Gasteiger partial charge in [-0.2, -0.15) is 12.6 Å². The average Bonchev–Trinajstić information content (AvgIpc) is 2.00. The van der Waals surface area contributed by atoms with E-state index in [1.807, 2.05) is 20.8 Å². The van der Waals surface area contributed by atoms with Gasteiger partial charge < -0.3 is 5.32 Å². The predicted molar refractivity (Wildman–Crippen MR) is 60.4 cm³/mol. The molecule has 13 heavy (non-hydrogen) atoms. The van der Waals surface area contributed by atoms with Gasteiger partial charge in [-0.3, -0.25) is 4.79 Å². The van der Waals surface area contributed by atoms with Gasteiger partial charge in [0.1, 0.15) is 5.78 Å². The van der Waals surface area contributed by atoms with Gasteiger partial charge in [-0.15, -0.1) is 0 Å². The Morgan fingerprint density at radius 2 is 1.62 bits per heavy atom. The van der Waals surface area contributed by atoms with Crippen LogP contribution in [0.1, 0.15) is 34.6 Å². The molecule has 0 radical (unpaired) electrons. The van der Waals surface area contributed by atoms with Crippen molar-refractivity contribution >= 4 is 18.4 Å². The van der Waals surface area contributed by atoms with Crippen LogP contribution in [0.15, 0.2) is 0 Å². The number of nitrogens with one attached hydrogen (secondary N) is 1. The molecule has 0 aliphatic carbocycles. The molecular formula is C10H21NOS. The van der Waals surface area contributed by atoms with Crippen LogP contribution < -0.4 is 5.32 Å². The van der Waals surface area contributed by atoms with Crippen molar-refractivity contribution in [1.29, 1.82) is 0 Å². The molecule has 2 nitrogen and oxygen atoms in total. The largest absolute Gasteiger partial charge is 0.311 e. The van der Waals surface area contributed by atoms with Gasteiger partial charge in [-0.05, 0) is 6.92 Å². The summed E-state index contributed by atoms with van der Waals surface area (Å²) < 4.78 is 0. The number of carbonyl (C=O) groups excluding carboxylic acids is 1. The fourth-order valence-corrected chi connectivity index (χ4v) is 1.59. The molecule has 0 aromatic rings. The highest BCUT2D eigenvalue weighted by atomic mass is 32.1. The molecule has 2 atom stereocenters. The van der Waals surface area contributed by atoms with Crippen molar-refractivity contribution in [2.45, 2.75) is 52.0 Å². The number of hydrogen-bond acceptors (Lipinski definition) is 3. The first-order chi connectivity index (χ1) is 5.86. The lowest BCUT2D eigenvalue weighted by Gasteiger charge is -2.23. The van der Waals surface area contributed by atoms with Crippen LogP contribution in [0.2, 0.25) is 0 Å². The molecule has 0 saturated heterocycles. The molecule has 0 saturated carbocycles. The SMILES string of the molecule is CC(C)NC(C)C(S)C(=O)C(C)C. The topological polar surface area (TPSA) is 29.1 Å². The van der Waals surface area contributed by atoms with E-state index in [9.17, 15) is 4.79 Å². The van der Waals surface area contributed by atoms with Gasteiger partial charge in [0.2, 0.25) is 0 Å². The lowest BCUT2D eigenvalue weighted by molar-refractivity contribution is -0.121. The molecule has 3 heteroatoms. The van der Waals surface area contributed by atoms with Gasteiger partial charge in [0.15, 0.2) is 0 Å². The van der Waals surface area contributed by atoms with Gasteiger partial charge in [0.05, 0.1) is 5.25 Å². The minimum absolute atomic E-state index is 0.0684. The van der Waals surface area contributed by atoms with E-state index in [0.29, 0.717) is 6.04 Å². The Hall–Kier alpha value is -0.0200. The Morgan fingerprint density at radius 1 is 1.15 bits per heavy atom. The molecule has 0 amide bonds. The molecule has 2 unspecified atom stereocenters. The smallest absolute Gasteiger partial charge is 0.149 e. The van der Waals surface area contributed by atoms with Gasteiger partial charge >= 0.3 is 0 Å². The molecule has 0 aromatic heterocycles. The molecule has 0 heterocycles. The summed E-state index contributed by atoms with van der Waals surface area (Å²) in [7, 11) is 0. The minimum atomic E-state index is -0.192. The minimum Gasteiger partial charge on any atom is -0.311 e. The monoisotopic (exact) mass is 203 g/mol. The van der Waals surface area contributed by atoms with Crippen LogP contribution in [0.3, 0.4) is 0 Å². The lowest BCUT2D eigenvalue weighted by atomic mass is 10.0. The molecule has 0 aliphatic rings. The van der Waals surface area contributed by atoms with Crippen LogP contribution in [0.25, 0.3) is 0 Å². The normalized spacial score (nSPS) is 16.3. The molecule has 0 rings (SSSR count). The summed E-state index contributed by atoms with van der Waals surface area (Å²) in [6.45, 7) is 9.95. The van der Waals surface area contributed by atoms with Gasteiger partial charge in [-0.1, -0.05) is 27.7 Å². The van der Waals surface area contributed by atoms with Crippen molar-refractivity contribution in [2.75, 3.05) is 0 Å². The third kappa shape index (κ3) is 4.67. The van der Waals surface area contributed by atoms with Gasteiger partial charge in [-0.25, -0.2) is 0 Å². The van der Waals surface area contributed by atoms with E-state index in [2.05, 4.69) is 31.8 Å². The number of rotatable bonds is 5. The van der Waals surface area contributed by atoms with E-state index >= 15 is 0 Å². The van der Waals surface area contributed by atoms with Crippen molar-refractivity contribution in [3.63, 3.8) is 0 Å². The van der Waals surface area contributed by atoms with E-state index < -0.39 is 0 Å². The maximum atomic E-state index is 11.5. The summed E-state index contributed by atoms with van der Waals surface area (Å²) in [4.78, 5) is 11.5. The third-order valence-electron chi connectivity index (χ3n) is 1.93. The van der Waals surface area contributed by atoms with E-state index in [0.717, 1.165) is 0 Å². The van der Waals surface area contributed by atoms with Crippen molar-refractivity contribution in [1.82, 2.24) is 5.32 Å². The highest BCUT2D eigenvalue weighted by Gasteiger charge is 2.23. The number of Topliss-reactive ketones (excluding diaryl/α,β-unsaturated/α-hetero) is 1. The predicted octanol–water partition coefficient (Wildman–Crippen LogP) is 1.90. The zero-order valence-electron chi connectivity index (χ0n) is 9.16. The molecule has 0 aromatic carbocycles. The number of ketones is 1. The number of carbonyl (C=O) groups is 1. The highest BCUT2D eigenvalue weighted by molar-refractivity contribution is 7.81. The van der Waals surface area contributed by atoms with Crippen molar-refractivity contribution in [2.24, 2.45) is 5.92 Å². The highest BCUT2D eigenvalue weighted by Crippen LogP contribution is 2.10. The van der Waals surface area contributed by atoms with Crippen LogP contribution in [0.5, 0.6) is 0 Å². The second kappa shape index (κ2) is 5.66. The summed E-state index contributed by atoms with van der Waals surface area (Å²) in [6, 6.07) is 0.530. The zero-order chi connectivity index (χ0) is 10.6. The molecular weight excluding hydrogens is 182 g/mol. The Kier molecular flexibility index (Phi) is 5.65. The van der Waals surface area contributed by atoms with Crippen LogP contribution in [-0.4, -0.2) is 23.1 Å². The van der Waals surface area contributed by atoms with Crippen LogP contribution in [0, 0.1) is 5.92 Å². The lowest BCUT2D eigenvalue weighted by Crippen LogP contribution is -2.43. The van der Waals surface area contributed by atoms with E-state index in [4.69, 9.17) is 0 Å². The quantitative estimate of drug-likeness (QED) is 0.668. The maximum absolute atomic E-state index is 11.5. The van der Waals surface area contributed by atoms with Crippen LogP contribution in [0.4, 0.5) is 0 Å². The first-order valence-electron chi connectivity index (χ1n) is 4.84. The fraction of sp³-hybridized carbons (Fsp3) is 0.900. The zero-order valence-corrected chi connectivity index (χ0v) is 10.1. The molecule has 0 fully saturated rings. The van der Waals surface area contributed by atoms with Crippen molar-refractivity contribution < 1.29 is 4.79 Å². The molecule has 1 N–H and O–H groups in total. The Labute approximate surface area is 86.9 Å². The third-order valence-corrected chi connectivity index (χ3v) is 2.63. The summed E-state index contributed by atoms with van der Waals surface area (Å²) >= 11 is 4.32. The second-order valence-corrected chi connectivity index (χ2v) is 4.67. The average molecular weight is 203 g/mol. The second-order valence-electron chi connectivity index (χ2n) is 4.11. The Balaban J connectivity index is 4.09. The first-order valence-corrected chi connectivity index (χ1v) is 5.35. The fourth-order valence-electron chi connectivity index (χ4n) is 1.20. The molecule has 78 valence electrons. The Morgan fingerprint density at radius 3 is 1.92 bits per heavy atom.